The summed E-state index contributed by atoms with van der Waals surface area (Å²) in [5, 5.41) is 0.967. The highest BCUT2D eigenvalue weighted by Gasteiger charge is 2.67. The van der Waals surface area contributed by atoms with Crippen LogP contribution in [0.15, 0.2) is 40.9 Å². The number of hydrazine groups is 1. The molecule has 1 N–H and O–H groups in total. The van der Waals surface area contributed by atoms with Crippen molar-refractivity contribution in [1.29, 1.82) is 0 Å². The van der Waals surface area contributed by atoms with Crippen molar-refractivity contribution in [3.63, 3.8) is 0 Å². The number of halogens is 1. The van der Waals surface area contributed by atoms with Crippen LogP contribution in [-0.4, -0.2) is 22.7 Å². The second-order valence-electron chi connectivity index (χ2n) is 7.09. The molecule has 0 unspecified atom stereocenters. The van der Waals surface area contributed by atoms with Crippen molar-refractivity contribution >= 4 is 33.7 Å². The molecule has 0 spiro atoms. The Bertz CT molecular complexity index is 784. The van der Waals surface area contributed by atoms with Crippen LogP contribution in [0.2, 0.25) is 0 Å². The summed E-state index contributed by atoms with van der Waals surface area (Å²) in [5.74, 6) is -0.127. The van der Waals surface area contributed by atoms with Crippen LogP contribution in [0.1, 0.15) is 16.8 Å². The first-order valence-corrected chi connectivity index (χ1v) is 8.99. The van der Waals surface area contributed by atoms with Crippen LogP contribution >= 0.6 is 15.9 Å². The Morgan fingerprint density at radius 3 is 2.21 bits per heavy atom. The van der Waals surface area contributed by atoms with Gasteiger partial charge in [0.15, 0.2) is 0 Å². The summed E-state index contributed by atoms with van der Waals surface area (Å²) < 4.78 is 0.627. The van der Waals surface area contributed by atoms with Gasteiger partial charge in [0.2, 0.25) is 0 Å². The van der Waals surface area contributed by atoms with Crippen molar-refractivity contribution < 1.29 is 14.4 Å². The predicted octanol–water partition coefficient (Wildman–Crippen LogP) is 2.15. The fourth-order valence-corrected chi connectivity index (χ4v) is 5.34. The highest BCUT2D eigenvalue weighted by Crippen LogP contribution is 2.65. The van der Waals surface area contributed by atoms with Crippen LogP contribution < -0.4 is 5.43 Å². The van der Waals surface area contributed by atoms with Gasteiger partial charge >= 0.3 is 0 Å². The van der Waals surface area contributed by atoms with Gasteiger partial charge in [-0.05, 0) is 58.2 Å². The summed E-state index contributed by atoms with van der Waals surface area (Å²) in [7, 11) is 0. The SMILES string of the molecule is O=C(NN1C(=O)[C@@H]2[C@@H]3C=C[C@@H]([C@H]4C[C@@H]34)[C@@H]2C1=O)c1ccccc1Br. The van der Waals surface area contributed by atoms with Crippen molar-refractivity contribution in [2.45, 2.75) is 6.42 Å². The summed E-state index contributed by atoms with van der Waals surface area (Å²) >= 11 is 3.32. The third kappa shape index (κ3) is 1.77. The number of benzene rings is 1. The van der Waals surface area contributed by atoms with E-state index < -0.39 is 5.91 Å². The molecule has 1 heterocycles. The van der Waals surface area contributed by atoms with E-state index in [2.05, 4.69) is 33.5 Å². The molecule has 0 radical (unpaired) electrons. The third-order valence-electron chi connectivity index (χ3n) is 5.99. The number of nitrogens with zero attached hydrogens (tertiary/aromatic N) is 1. The highest BCUT2D eigenvalue weighted by atomic mass is 79.9. The number of amides is 3. The molecule has 122 valence electrons. The maximum atomic E-state index is 12.8. The molecular weight excluding hydrogens is 372 g/mol. The number of allylic oxidation sites excluding steroid dienone is 2. The molecule has 1 aromatic rings. The summed E-state index contributed by atoms with van der Waals surface area (Å²) in [6, 6.07) is 6.94. The van der Waals surface area contributed by atoms with E-state index in [1.54, 1.807) is 24.3 Å². The van der Waals surface area contributed by atoms with E-state index in [1.807, 2.05) is 0 Å². The minimum absolute atomic E-state index is 0.159. The maximum Gasteiger partial charge on any atom is 0.271 e. The molecule has 2 bridgehead atoms. The molecule has 6 heteroatoms. The zero-order valence-corrected chi connectivity index (χ0v) is 14.3. The molecule has 1 aliphatic heterocycles. The van der Waals surface area contributed by atoms with Gasteiger partial charge in [-0.25, -0.2) is 0 Å². The average Bonchev–Trinajstić information content (AvgIpc) is 3.36. The number of imide groups is 1. The quantitative estimate of drug-likeness (QED) is 0.625. The number of rotatable bonds is 2. The van der Waals surface area contributed by atoms with E-state index in [9.17, 15) is 14.4 Å². The monoisotopic (exact) mass is 386 g/mol. The molecule has 5 aliphatic rings. The van der Waals surface area contributed by atoms with E-state index in [0.717, 1.165) is 11.4 Å². The van der Waals surface area contributed by atoms with Crippen molar-refractivity contribution in [3.8, 4) is 0 Å². The van der Waals surface area contributed by atoms with Crippen molar-refractivity contribution in [3.05, 3.63) is 46.5 Å². The average molecular weight is 387 g/mol. The standard InChI is InChI=1S/C18H15BrN2O3/c19-13-4-2-1-3-10(13)16(22)20-21-17(23)14-8-5-6-9(12-7-11(8)12)15(14)18(21)24/h1-6,8-9,11-12,14-15H,7H2,(H,20,22)/t8-,9+,11+,12-,14-,15+. The van der Waals surface area contributed by atoms with Crippen LogP contribution in [-0.2, 0) is 9.59 Å². The topological polar surface area (TPSA) is 66.5 Å². The van der Waals surface area contributed by atoms with Gasteiger partial charge < -0.3 is 0 Å². The Morgan fingerprint density at radius 2 is 1.62 bits per heavy atom. The van der Waals surface area contributed by atoms with Gasteiger partial charge in [0.05, 0.1) is 17.4 Å². The highest BCUT2D eigenvalue weighted by molar-refractivity contribution is 9.10. The van der Waals surface area contributed by atoms with E-state index in [-0.39, 0.29) is 35.5 Å². The predicted molar refractivity (Wildman–Crippen MR) is 88.2 cm³/mol. The van der Waals surface area contributed by atoms with E-state index in [0.29, 0.717) is 21.9 Å². The van der Waals surface area contributed by atoms with Crippen LogP contribution in [0, 0.1) is 35.5 Å². The molecule has 1 saturated heterocycles. The van der Waals surface area contributed by atoms with Crippen LogP contribution in [0.4, 0.5) is 0 Å². The van der Waals surface area contributed by atoms with E-state index in [1.165, 1.54) is 0 Å². The Hall–Kier alpha value is -1.95. The Balaban J connectivity index is 1.43. The van der Waals surface area contributed by atoms with Gasteiger partial charge in [-0.1, -0.05) is 24.3 Å². The van der Waals surface area contributed by atoms with Crippen LogP contribution in [0.25, 0.3) is 0 Å². The largest absolute Gasteiger partial charge is 0.272 e. The molecule has 5 nitrogen and oxygen atoms in total. The Labute approximate surface area is 147 Å². The van der Waals surface area contributed by atoms with Crippen molar-refractivity contribution in [2.24, 2.45) is 35.5 Å². The summed E-state index contributed by atoms with van der Waals surface area (Å²) in [6.07, 6.45) is 5.35. The Kier molecular flexibility index (Phi) is 2.87. The first-order valence-electron chi connectivity index (χ1n) is 8.19. The van der Waals surface area contributed by atoms with Gasteiger partial charge in [0, 0.05) is 4.47 Å². The number of nitrogens with one attached hydrogen (secondary N) is 1. The summed E-state index contributed by atoms with van der Waals surface area (Å²) in [5.41, 5.74) is 2.93. The smallest absolute Gasteiger partial charge is 0.271 e. The number of carbonyl (C=O) groups is 3. The molecule has 6 atom stereocenters. The summed E-state index contributed by atoms with van der Waals surface area (Å²) in [4.78, 5) is 38.1. The fourth-order valence-electron chi connectivity index (χ4n) is 4.87. The van der Waals surface area contributed by atoms with Gasteiger partial charge in [0.1, 0.15) is 0 Å². The number of hydrogen-bond donors (Lipinski definition) is 1. The van der Waals surface area contributed by atoms with Gasteiger partial charge in [-0.15, -0.1) is 0 Å². The molecule has 2 saturated carbocycles. The van der Waals surface area contributed by atoms with Crippen molar-refractivity contribution in [1.82, 2.24) is 10.4 Å². The fraction of sp³-hybridized carbons (Fsp3) is 0.389. The number of carbonyl (C=O) groups excluding carboxylic acids is 3. The molecule has 6 rings (SSSR count). The first-order chi connectivity index (χ1) is 11.6. The second-order valence-corrected chi connectivity index (χ2v) is 7.94. The van der Waals surface area contributed by atoms with Crippen LogP contribution in [0.3, 0.4) is 0 Å². The molecule has 1 aromatic carbocycles. The molecule has 3 fully saturated rings. The zero-order valence-electron chi connectivity index (χ0n) is 12.7. The van der Waals surface area contributed by atoms with Crippen LogP contribution in [0.5, 0.6) is 0 Å². The lowest BCUT2D eigenvalue weighted by Gasteiger charge is -2.37. The normalized spacial score (nSPS) is 38.1. The molecule has 3 amide bonds. The van der Waals surface area contributed by atoms with Gasteiger partial charge in [0.25, 0.3) is 17.7 Å². The minimum atomic E-state index is -0.451. The number of hydrogen-bond acceptors (Lipinski definition) is 3. The molecule has 0 aromatic heterocycles. The molecular formula is C18H15BrN2O3. The lowest BCUT2D eigenvalue weighted by molar-refractivity contribution is -0.143. The van der Waals surface area contributed by atoms with Gasteiger partial charge in [-0.2, -0.15) is 5.01 Å². The lowest BCUT2D eigenvalue weighted by atomic mass is 9.63. The first kappa shape index (κ1) is 14.4. The minimum Gasteiger partial charge on any atom is -0.272 e. The molecule has 24 heavy (non-hydrogen) atoms. The second kappa shape index (κ2) is 4.79. The van der Waals surface area contributed by atoms with E-state index in [4.69, 9.17) is 0 Å². The lowest BCUT2D eigenvalue weighted by Crippen LogP contribution is -2.47. The molecule has 4 aliphatic carbocycles. The third-order valence-corrected chi connectivity index (χ3v) is 6.69. The maximum absolute atomic E-state index is 12.8. The van der Waals surface area contributed by atoms with E-state index >= 15 is 0 Å². The van der Waals surface area contributed by atoms with Gasteiger partial charge in [-0.3, -0.25) is 19.8 Å². The Morgan fingerprint density at radius 1 is 1.04 bits per heavy atom. The zero-order chi connectivity index (χ0) is 16.6. The van der Waals surface area contributed by atoms with Crippen molar-refractivity contribution in [2.75, 3.05) is 0 Å². The summed E-state index contributed by atoms with van der Waals surface area (Å²) in [6.45, 7) is 0.